The molecule has 0 aromatic heterocycles. The first kappa shape index (κ1) is 11.4. The van der Waals surface area contributed by atoms with Crippen molar-refractivity contribution >= 4 is 0 Å². The van der Waals surface area contributed by atoms with Crippen molar-refractivity contribution in [2.45, 2.75) is 52.0 Å². The molecular weight excluding hydrogens is 184 g/mol. The first-order valence-corrected chi connectivity index (χ1v) is 6.54. The van der Waals surface area contributed by atoms with Crippen molar-refractivity contribution in [1.82, 2.24) is 10.2 Å². The van der Waals surface area contributed by atoms with Crippen molar-refractivity contribution in [1.29, 1.82) is 0 Å². The van der Waals surface area contributed by atoms with Gasteiger partial charge >= 0.3 is 0 Å². The standard InChI is InChI=1S/C13H26N2/c1-4-12(2,3)15-10-7-13(11-15)5-8-14-9-6-13/h14H,4-11H2,1-3H3. The van der Waals surface area contributed by atoms with E-state index < -0.39 is 0 Å². The van der Waals surface area contributed by atoms with Gasteiger partial charge in [0.05, 0.1) is 0 Å². The largest absolute Gasteiger partial charge is 0.317 e. The summed E-state index contributed by atoms with van der Waals surface area (Å²) < 4.78 is 0. The predicted molar refractivity (Wildman–Crippen MR) is 65.1 cm³/mol. The molecule has 0 amide bonds. The van der Waals surface area contributed by atoms with Gasteiger partial charge in [0, 0.05) is 12.1 Å². The van der Waals surface area contributed by atoms with Crippen LogP contribution < -0.4 is 5.32 Å². The summed E-state index contributed by atoms with van der Waals surface area (Å²) in [5.41, 5.74) is 1.08. The molecule has 2 saturated heterocycles. The molecule has 2 aliphatic rings. The summed E-state index contributed by atoms with van der Waals surface area (Å²) in [7, 11) is 0. The topological polar surface area (TPSA) is 15.3 Å². The van der Waals surface area contributed by atoms with Gasteiger partial charge in [-0.25, -0.2) is 0 Å². The van der Waals surface area contributed by atoms with Crippen LogP contribution in [0.15, 0.2) is 0 Å². The molecule has 88 valence electrons. The average molecular weight is 210 g/mol. The fourth-order valence-electron chi connectivity index (χ4n) is 3.04. The van der Waals surface area contributed by atoms with Crippen LogP contribution in [0.2, 0.25) is 0 Å². The Labute approximate surface area is 94.4 Å². The molecule has 2 heterocycles. The second kappa shape index (κ2) is 4.06. The van der Waals surface area contributed by atoms with Crippen LogP contribution in [-0.2, 0) is 0 Å². The molecule has 2 fully saturated rings. The first-order valence-electron chi connectivity index (χ1n) is 6.54. The van der Waals surface area contributed by atoms with Crippen LogP contribution >= 0.6 is 0 Å². The van der Waals surface area contributed by atoms with Crippen LogP contribution in [0.4, 0.5) is 0 Å². The highest BCUT2D eigenvalue weighted by atomic mass is 15.2. The molecule has 2 nitrogen and oxygen atoms in total. The van der Waals surface area contributed by atoms with Gasteiger partial charge in [0.25, 0.3) is 0 Å². The van der Waals surface area contributed by atoms with Gasteiger partial charge in [-0.3, -0.25) is 4.90 Å². The van der Waals surface area contributed by atoms with Crippen molar-refractivity contribution < 1.29 is 0 Å². The zero-order valence-electron chi connectivity index (χ0n) is 10.6. The van der Waals surface area contributed by atoms with Gasteiger partial charge in [0.15, 0.2) is 0 Å². The fraction of sp³-hybridized carbons (Fsp3) is 1.00. The smallest absolute Gasteiger partial charge is 0.0150 e. The first-order chi connectivity index (χ1) is 7.08. The Morgan fingerprint density at radius 1 is 1.20 bits per heavy atom. The fourth-order valence-corrected chi connectivity index (χ4v) is 3.04. The second-order valence-electron chi connectivity index (χ2n) is 6.09. The Bertz CT molecular complexity index is 217. The zero-order valence-corrected chi connectivity index (χ0v) is 10.6. The monoisotopic (exact) mass is 210 g/mol. The molecule has 0 atom stereocenters. The zero-order chi connectivity index (χ0) is 10.9. The molecule has 0 aromatic rings. The molecule has 2 heteroatoms. The van der Waals surface area contributed by atoms with Crippen molar-refractivity contribution in [3.05, 3.63) is 0 Å². The maximum atomic E-state index is 3.48. The van der Waals surface area contributed by atoms with E-state index in [1.54, 1.807) is 0 Å². The number of rotatable bonds is 2. The number of piperidine rings is 1. The van der Waals surface area contributed by atoms with Gasteiger partial charge in [-0.1, -0.05) is 6.92 Å². The highest BCUT2D eigenvalue weighted by Crippen LogP contribution is 2.41. The number of nitrogens with one attached hydrogen (secondary N) is 1. The van der Waals surface area contributed by atoms with Crippen molar-refractivity contribution in [3.8, 4) is 0 Å². The lowest BCUT2D eigenvalue weighted by Crippen LogP contribution is -2.45. The lowest BCUT2D eigenvalue weighted by atomic mass is 9.78. The minimum atomic E-state index is 0.411. The molecule has 0 aliphatic carbocycles. The third-order valence-corrected chi connectivity index (χ3v) is 4.82. The summed E-state index contributed by atoms with van der Waals surface area (Å²) in [6, 6.07) is 0. The number of hydrogen-bond acceptors (Lipinski definition) is 2. The molecule has 0 bridgehead atoms. The van der Waals surface area contributed by atoms with Gasteiger partial charge in [-0.15, -0.1) is 0 Å². The van der Waals surface area contributed by atoms with Crippen LogP contribution in [0, 0.1) is 5.41 Å². The minimum Gasteiger partial charge on any atom is -0.317 e. The summed E-state index contributed by atoms with van der Waals surface area (Å²) in [4.78, 5) is 2.72. The van der Waals surface area contributed by atoms with Crippen molar-refractivity contribution in [2.75, 3.05) is 26.2 Å². The van der Waals surface area contributed by atoms with E-state index in [-0.39, 0.29) is 0 Å². The van der Waals surface area contributed by atoms with E-state index in [1.165, 1.54) is 51.9 Å². The maximum Gasteiger partial charge on any atom is 0.0150 e. The highest BCUT2D eigenvalue weighted by Gasteiger charge is 2.42. The highest BCUT2D eigenvalue weighted by molar-refractivity contribution is 4.97. The van der Waals surface area contributed by atoms with Crippen LogP contribution in [-0.4, -0.2) is 36.6 Å². The van der Waals surface area contributed by atoms with Crippen molar-refractivity contribution in [2.24, 2.45) is 5.41 Å². The Morgan fingerprint density at radius 2 is 1.87 bits per heavy atom. The van der Waals surface area contributed by atoms with Gasteiger partial charge in [0.1, 0.15) is 0 Å². The summed E-state index contributed by atoms with van der Waals surface area (Å²) in [5.74, 6) is 0. The lowest BCUT2D eigenvalue weighted by Gasteiger charge is -2.38. The third-order valence-electron chi connectivity index (χ3n) is 4.82. The second-order valence-corrected chi connectivity index (χ2v) is 6.09. The molecular formula is C13H26N2. The van der Waals surface area contributed by atoms with Crippen LogP contribution in [0.25, 0.3) is 0 Å². The van der Waals surface area contributed by atoms with Gasteiger partial charge in [0.2, 0.25) is 0 Å². The Hall–Kier alpha value is -0.0800. The summed E-state index contributed by atoms with van der Waals surface area (Å²) in [6.45, 7) is 12.2. The Kier molecular flexibility index (Phi) is 3.09. The molecule has 1 spiro atoms. The molecule has 1 N–H and O–H groups in total. The van der Waals surface area contributed by atoms with E-state index in [0.717, 1.165) is 0 Å². The molecule has 15 heavy (non-hydrogen) atoms. The number of likely N-dealkylation sites (tertiary alicyclic amines) is 1. The van der Waals surface area contributed by atoms with Gasteiger partial charge in [-0.2, -0.15) is 0 Å². The van der Waals surface area contributed by atoms with E-state index in [9.17, 15) is 0 Å². The Morgan fingerprint density at radius 3 is 2.47 bits per heavy atom. The van der Waals surface area contributed by atoms with E-state index in [0.29, 0.717) is 11.0 Å². The Balaban J connectivity index is 1.99. The predicted octanol–water partition coefficient (Wildman–Crippen LogP) is 2.25. The minimum absolute atomic E-state index is 0.411. The van der Waals surface area contributed by atoms with E-state index in [4.69, 9.17) is 0 Å². The molecule has 2 rings (SSSR count). The van der Waals surface area contributed by atoms with Gasteiger partial charge in [-0.05, 0) is 64.6 Å². The lowest BCUT2D eigenvalue weighted by molar-refractivity contribution is 0.115. The van der Waals surface area contributed by atoms with E-state index >= 15 is 0 Å². The molecule has 0 radical (unpaired) electrons. The van der Waals surface area contributed by atoms with Crippen LogP contribution in [0.3, 0.4) is 0 Å². The SMILES string of the molecule is CCC(C)(C)N1CCC2(CCNCC2)C1. The summed E-state index contributed by atoms with van der Waals surface area (Å²) in [5, 5.41) is 3.48. The number of hydrogen-bond donors (Lipinski definition) is 1. The van der Waals surface area contributed by atoms with Crippen LogP contribution in [0.5, 0.6) is 0 Å². The molecule has 0 unspecified atom stereocenters. The normalized spacial score (nSPS) is 27.4. The molecule has 2 aliphatic heterocycles. The molecule has 0 aromatic carbocycles. The van der Waals surface area contributed by atoms with Crippen molar-refractivity contribution in [3.63, 3.8) is 0 Å². The maximum absolute atomic E-state index is 3.48. The van der Waals surface area contributed by atoms with E-state index in [2.05, 4.69) is 31.0 Å². The third kappa shape index (κ3) is 2.21. The number of nitrogens with zero attached hydrogens (tertiary/aromatic N) is 1. The quantitative estimate of drug-likeness (QED) is 0.752. The van der Waals surface area contributed by atoms with E-state index in [1.807, 2.05) is 0 Å². The molecule has 0 saturated carbocycles. The average Bonchev–Trinajstić information content (AvgIpc) is 2.64. The van der Waals surface area contributed by atoms with Crippen LogP contribution in [0.1, 0.15) is 46.5 Å². The summed E-state index contributed by atoms with van der Waals surface area (Å²) >= 11 is 0. The van der Waals surface area contributed by atoms with Gasteiger partial charge < -0.3 is 5.32 Å². The summed E-state index contributed by atoms with van der Waals surface area (Å²) in [6.07, 6.45) is 5.48.